The molecule has 0 rings (SSSR count). The minimum absolute atomic E-state index is 0.0729. The topological polar surface area (TPSA) is 63.6 Å². The molecule has 1 atom stereocenters. The van der Waals surface area contributed by atoms with Gasteiger partial charge in [0.05, 0.1) is 6.42 Å². The first kappa shape index (κ1) is 22.9. The minimum atomic E-state index is -0.891. The molecule has 1 N–H and O–H groups in total. The molecule has 0 aromatic rings. The highest BCUT2D eigenvalue weighted by Gasteiger charge is 2.17. The molecule has 0 bridgehead atoms. The van der Waals surface area contributed by atoms with Crippen molar-refractivity contribution in [1.82, 2.24) is 0 Å². The van der Waals surface area contributed by atoms with Crippen LogP contribution in [0.2, 0.25) is 0 Å². The molecule has 0 aliphatic rings. The minimum Gasteiger partial charge on any atom is -0.481 e. The van der Waals surface area contributed by atoms with E-state index >= 15 is 0 Å². The molecule has 0 aromatic heterocycles. The van der Waals surface area contributed by atoms with Crippen LogP contribution in [0.5, 0.6) is 0 Å². The van der Waals surface area contributed by atoms with Crippen LogP contribution in [0.4, 0.5) is 0 Å². The van der Waals surface area contributed by atoms with Crippen molar-refractivity contribution in [3.63, 3.8) is 0 Å². The van der Waals surface area contributed by atoms with Gasteiger partial charge in [0.15, 0.2) is 0 Å². The number of carbonyl (C=O) groups is 2. The highest BCUT2D eigenvalue weighted by molar-refractivity contribution is 5.71. The lowest BCUT2D eigenvalue weighted by Gasteiger charge is -2.16. The predicted octanol–water partition coefficient (Wildman–Crippen LogP) is 5.87. The van der Waals surface area contributed by atoms with Gasteiger partial charge in [-0.3, -0.25) is 9.59 Å². The molecular weight excluding hydrogens is 304 g/mol. The van der Waals surface area contributed by atoms with Crippen LogP contribution in [0.1, 0.15) is 110 Å². The van der Waals surface area contributed by atoms with Crippen LogP contribution in [0.25, 0.3) is 0 Å². The number of hydrogen-bond acceptors (Lipinski definition) is 3. The third kappa shape index (κ3) is 15.8. The first-order valence-electron chi connectivity index (χ1n) is 10.0. The molecule has 0 aliphatic heterocycles. The van der Waals surface area contributed by atoms with E-state index in [2.05, 4.69) is 13.8 Å². The molecule has 1 unspecified atom stereocenters. The van der Waals surface area contributed by atoms with Crippen LogP contribution in [0, 0.1) is 0 Å². The summed E-state index contributed by atoms with van der Waals surface area (Å²) in [7, 11) is 0. The van der Waals surface area contributed by atoms with Crippen LogP contribution in [0.15, 0.2) is 0 Å². The average molecular weight is 343 g/mol. The molecule has 0 fully saturated rings. The number of esters is 1. The fraction of sp³-hybridized carbons (Fsp3) is 0.900. The van der Waals surface area contributed by atoms with Crippen molar-refractivity contribution in [2.45, 2.75) is 116 Å². The Kier molecular flexibility index (Phi) is 16.0. The van der Waals surface area contributed by atoms with Crippen LogP contribution in [-0.2, 0) is 14.3 Å². The maximum atomic E-state index is 11.9. The Bertz CT molecular complexity index is 315. The van der Waals surface area contributed by atoms with Gasteiger partial charge in [-0.05, 0) is 19.3 Å². The maximum absolute atomic E-state index is 11.9. The molecule has 0 saturated heterocycles. The van der Waals surface area contributed by atoms with E-state index in [9.17, 15) is 9.59 Å². The van der Waals surface area contributed by atoms with E-state index in [4.69, 9.17) is 9.84 Å². The molecule has 0 heterocycles. The zero-order valence-corrected chi connectivity index (χ0v) is 15.9. The van der Waals surface area contributed by atoms with Crippen molar-refractivity contribution in [3.8, 4) is 0 Å². The van der Waals surface area contributed by atoms with Crippen molar-refractivity contribution in [2.75, 3.05) is 0 Å². The van der Waals surface area contributed by atoms with E-state index in [1.54, 1.807) is 0 Å². The predicted molar refractivity (Wildman–Crippen MR) is 98.1 cm³/mol. The Morgan fingerprint density at radius 2 is 1.29 bits per heavy atom. The average Bonchev–Trinajstić information content (AvgIpc) is 2.53. The number of aliphatic carboxylic acids is 1. The monoisotopic (exact) mass is 342 g/mol. The van der Waals surface area contributed by atoms with Gasteiger partial charge in [0.1, 0.15) is 6.10 Å². The normalized spacial score (nSPS) is 12.1. The van der Waals surface area contributed by atoms with Gasteiger partial charge in [0, 0.05) is 6.42 Å². The molecule has 0 spiro atoms. The maximum Gasteiger partial charge on any atom is 0.307 e. The molecule has 24 heavy (non-hydrogen) atoms. The molecule has 4 nitrogen and oxygen atoms in total. The fourth-order valence-electron chi connectivity index (χ4n) is 2.84. The summed E-state index contributed by atoms with van der Waals surface area (Å²) in [5, 5.41) is 8.96. The fourth-order valence-corrected chi connectivity index (χ4v) is 2.84. The van der Waals surface area contributed by atoms with Crippen LogP contribution in [-0.4, -0.2) is 23.1 Å². The van der Waals surface area contributed by atoms with Crippen LogP contribution in [0.3, 0.4) is 0 Å². The molecule has 0 aromatic carbocycles. The number of rotatable bonds is 17. The van der Waals surface area contributed by atoms with E-state index in [1.807, 2.05) is 0 Å². The van der Waals surface area contributed by atoms with Gasteiger partial charge in [0.2, 0.25) is 0 Å². The number of carboxylic acid groups (broad SMARTS) is 1. The lowest BCUT2D eigenvalue weighted by Crippen LogP contribution is -2.21. The molecule has 0 aliphatic carbocycles. The van der Waals surface area contributed by atoms with E-state index < -0.39 is 12.1 Å². The highest BCUT2D eigenvalue weighted by Crippen LogP contribution is 2.14. The largest absolute Gasteiger partial charge is 0.481 e. The van der Waals surface area contributed by atoms with Crippen LogP contribution >= 0.6 is 0 Å². The number of carboxylic acids is 1. The first-order valence-corrected chi connectivity index (χ1v) is 10.0. The van der Waals surface area contributed by atoms with E-state index in [1.165, 1.54) is 51.4 Å². The second-order valence-electron chi connectivity index (χ2n) is 6.78. The van der Waals surface area contributed by atoms with E-state index in [-0.39, 0.29) is 12.4 Å². The molecule has 0 radical (unpaired) electrons. The standard InChI is InChI=1S/C20H38O4/c1-3-5-7-9-10-12-14-16-20(23)24-18(17-19(21)22)15-13-11-8-6-4-2/h18H,3-17H2,1-2H3,(H,21,22). The summed E-state index contributed by atoms with van der Waals surface area (Å²) in [5.74, 6) is -1.12. The van der Waals surface area contributed by atoms with Gasteiger partial charge in [-0.2, -0.15) is 0 Å². The third-order valence-corrected chi connectivity index (χ3v) is 4.31. The molecular formula is C20H38O4. The second-order valence-corrected chi connectivity index (χ2v) is 6.78. The second kappa shape index (κ2) is 16.8. The Balaban J connectivity index is 3.83. The lowest BCUT2D eigenvalue weighted by molar-refractivity contribution is -0.153. The summed E-state index contributed by atoms with van der Waals surface area (Å²) in [4.78, 5) is 22.8. The van der Waals surface area contributed by atoms with E-state index in [0.717, 1.165) is 25.7 Å². The molecule has 4 heteroatoms. The first-order chi connectivity index (χ1) is 11.6. The quantitative estimate of drug-likeness (QED) is 0.265. The summed E-state index contributed by atoms with van der Waals surface area (Å²) in [5.41, 5.74) is 0. The Morgan fingerprint density at radius 3 is 1.83 bits per heavy atom. The molecule has 0 saturated carbocycles. The molecule has 142 valence electrons. The summed E-state index contributed by atoms with van der Waals surface area (Å²) < 4.78 is 5.39. The van der Waals surface area contributed by atoms with Crippen molar-refractivity contribution in [1.29, 1.82) is 0 Å². The Hall–Kier alpha value is -1.06. The Morgan fingerprint density at radius 1 is 0.792 bits per heavy atom. The molecule has 0 amide bonds. The number of unbranched alkanes of at least 4 members (excludes halogenated alkanes) is 10. The van der Waals surface area contributed by atoms with Gasteiger partial charge in [-0.15, -0.1) is 0 Å². The lowest BCUT2D eigenvalue weighted by atomic mass is 10.1. The van der Waals surface area contributed by atoms with Crippen molar-refractivity contribution in [2.24, 2.45) is 0 Å². The number of ether oxygens (including phenoxy) is 1. The van der Waals surface area contributed by atoms with Gasteiger partial charge < -0.3 is 9.84 Å². The van der Waals surface area contributed by atoms with Gasteiger partial charge in [-0.1, -0.05) is 78.1 Å². The SMILES string of the molecule is CCCCCCCCCC(=O)OC(CCCCCCC)CC(=O)O. The zero-order chi connectivity index (χ0) is 18.0. The van der Waals surface area contributed by atoms with Gasteiger partial charge >= 0.3 is 11.9 Å². The zero-order valence-electron chi connectivity index (χ0n) is 15.9. The highest BCUT2D eigenvalue weighted by atomic mass is 16.5. The summed E-state index contributed by atoms with van der Waals surface area (Å²) >= 11 is 0. The van der Waals surface area contributed by atoms with Crippen molar-refractivity contribution >= 4 is 11.9 Å². The van der Waals surface area contributed by atoms with Gasteiger partial charge in [-0.25, -0.2) is 0 Å². The van der Waals surface area contributed by atoms with Crippen LogP contribution < -0.4 is 0 Å². The Labute approximate surface area is 148 Å². The van der Waals surface area contributed by atoms with Crippen molar-refractivity contribution < 1.29 is 19.4 Å². The van der Waals surface area contributed by atoms with Crippen molar-refractivity contribution in [3.05, 3.63) is 0 Å². The van der Waals surface area contributed by atoms with E-state index in [0.29, 0.717) is 12.8 Å². The smallest absolute Gasteiger partial charge is 0.307 e. The number of hydrogen-bond donors (Lipinski definition) is 1. The summed E-state index contributed by atoms with van der Waals surface area (Å²) in [6.45, 7) is 4.37. The van der Waals surface area contributed by atoms with Gasteiger partial charge in [0.25, 0.3) is 0 Å². The summed E-state index contributed by atoms with van der Waals surface area (Å²) in [6, 6.07) is 0. The summed E-state index contributed by atoms with van der Waals surface area (Å²) in [6.07, 6.45) is 14.3. The number of carbonyl (C=O) groups excluding carboxylic acids is 1. The third-order valence-electron chi connectivity index (χ3n) is 4.31.